The van der Waals surface area contributed by atoms with Crippen molar-refractivity contribution in [3.05, 3.63) is 34.7 Å². The highest BCUT2D eigenvalue weighted by molar-refractivity contribution is 6.31. The van der Waals surface area contributed by atoms with Crippen molar-refractivity contribution in [1.29, 1.82) is 0 Å². The van der Waals surface area contributed by atoms with Crippen LogP contribution in [0.15, 0.2) is 18.3 Å². The van der Waals surface area contributed by atoms with E-state index in [4.69, 9.17) is 11.6 Å². The highest BCUT2D eigenvalue weighted by atomic mass is 35.5. The summed E-state index contributed by atoms with van der Waals surface area (Å²) in [5.41, 5.74) is 2.14. The number of benzene rings is 1. The molecule has 1 aliphatic heterocycles. The third-order valence-corrected chi connectivity index (χ3v) is 3.88. The molecular formula is C13H14ClFN2. The van der Waals surface area contributed by atoms with Gasteiger partial charge in [0, 0.05) is 24.2 Å². The molecule has 4 heteroatoms. The first-order chi connectivity index (χ1) is 8.08. The second kappa shape index (κ2) is 3.72. The lowest BCUT2D eigenvalue weighted by molar-refractivity contribution is 0.258. The number of rotatable bonds is 1. The summed E-state index contributed by atoms with van der Waals surface area (Å²) in [5.74, 6) is -0.299. The smallest absolute Gasteiger partial charge is 0.151 e. The number of aromatic nitrogens is 1. The molecule has 0 spiro atoms. The van der Waals surface area contributed by atoms with E-state index in [1.165, 1.54) is 0 Å². The van der Waals surface area contributed by atoms with Crippen LogP contribution in [0.25, 0.3) is 10.9 Å². The van der Waals surface area contributed by atoms with E-state index in [0.717, 1.165) is 24.0 Å². The Balaban J connectivity index is 2.23. The fourth-order valence-electron chi connectivity index (χ4n) is 2.62. The maximum atomic E-state index is 13.9. The van der Waals surface area contributed by atoms with Gasteiger partial charge in [-0.05, 0) is 38.2 Å². The van der Waals surface area contributed by atoms with Gasteiger partial charge in [0.05, 0.1) is 10.5 Å². The van der Waals surface area contributed by atoms with E-state index >= 15 is 0 Å². The van der Waals surface area contributed by atoms with Gasteiger partial charge in [-0.25, -0.2) is 4.39 Å². The summed E-state index contributed by atoms with van der Waals surface area (Å²) in [7, 11) is 4.14. The Morgan fingerprint density at radius 1 is 1.47 bits per heavy atom. The van der Waals surface area contributed by atoms with E-state index in [9.17, 15) is 4.39 Å². The zero-order valence-corrected chi connectivity index (χ0v) is 10.6. The zero-order chi connectivity index (χ0) is 12.2. The number of likely N-dealkylation sites (N-methyl/N-ethyl adjacent to an activating group) is 1. The molecule has 1 atom stereocenters. The van der Waals surface area contributed by atoms with Gasteiger partial charge in [-0.15, -0.1) is 0 Å². The van der Waals surface area contributed by atoms with Crippen molar-refractivity contribution >= 4 is 22.5 Å². The predicted molar refractivity (Wildman–Crippen MR) is 68.1 cm³/mol. The zero-order valence-electron chi connectivity index (χ0n) is 9.87. The third-order valence-electron chi connectivity index (χ3n) is 3.61. The van der Waals surface area contributed by atoms with Crippen LogP contribution in [0.4, 0.5) is 4.39 Å². The summed E-state index contributed by atoms with van der Waals surface area (Å²) < 4.78 is 16.0. The van der Waals surface area contributed by atoms with Gasteiger partial charge in [-0.1, -0.05) is 11.6 Å². The minimum atomic E-state index is -0.299. The predicted octanol–water partition coefficient (Wildman–Crippen LogP) is 2.92. The Morgan fingerprint density at radius 2 is 2.24 bits per heavy atom. The Kier molecular flexibility index (Phi) is 2.42. The van der Waals surface area contributed by atoms with Gasteiger partial charge in [-0.2, -0.15) is 0 Å². The number of hydrogen-bond acceptors (Lipinski definition) is 1. The molecule has 17 heavy (non-hydrogen) atoms. The van der Waals surface area contributed by atoms with Crippen molar-refractivity contribution in [3.8, 4) is 0 Å². The molecule has 0 saturated heterocycles. The molecule has 2 aromatic rings. The van der Waals surface area contributed by atoms with Gasteiger partial charge in [0.25, 0.3) is 0 Å². The molecule has 3 rings (SSSR count). The van der Waals surface area contributed by atoms with Crippen LogP contribution in [0.2, 0.25) is 5.02 Å². The SMILES string of the molecule is CN(C)C1Cc2cc(Cl)c(F)c3ccn(c23)C1. The Bertz CT molecular complexity index is 589. The minimum absolute atomic E-state index is 0.227. The van der Waals surface area contributed by atoms with E-state index in [1.807, 2.05) is 12.3 Å². The van der Waals surface area contributed by atoms with E-state index in [2.05, 4.69) is 23.6 Å². The summed E-state index contributed by atoms with van der Waals surface area (Å²) >= 11 is 5.93. The van der Waals surface area contributed by atoms with Crippen LogP contribution in [0.5, 0.6) is 0 Å². The molecule has 90 valence electrons. The van der Waals surface area contributed by atoms with Crippen LogP contribution in [-0.2, 0) is 13.0 Å². The van der Waals surface area contributed by atoms with Gasteiger partial charge >= 0.3 is 0 Å². The monoisotopic (exact) mass is 252 g/mol. The number of nitrogens with zero attached hydrogens (tertiary/aromatic N) is 2. The maximum absolute atomic E-state index is 13.9. The fraction of sp³-hybridized carbons (Fsp3) is 0.385. The standard InChI is InChI=1S/C13H14ClFN2/c1-16(2)9-5-8-6-11(14)12(15)10-3-4-17(7-9)13(8)10/h3-4,6,9H,5,7H2,1-2H3. The molecule has 0 bridgehead atoms. The highest BCUT2D eigenvalue weighted by Crippen LogP contribution is 2.33. The van der Waals surface area contributed by atoms with Crippen LogP contribution in [0, 0.1) is 5.82 Å². The molecule has 1 aliphatic rings. The molecule has 0 amide bonds. The Labute approximate surface area is 105 Å². The second-order valence-electron chi connectivity index (χ2n) is 4.88. The third kappa shape index (κ3) is 1.57. The molecule has 0 saturated carbocycles. The van der Waals surface area contributed by atoms with Crippen molar-refractivity contribution in [2.75, 3.05) is 14.1 Å². The van der Waals surface area contributed by atoms with Gasteiger partial charge in [-0.3, -0.25) is 0 Å². The van der Waals surface area contributed by atoms with E-state index in [1.54, 1.807) is 6.07 Å². The summed E-state index contributed by atoms with van der Waals surface area (Å²) in [6, 6.07) is 4.03. The first kappa shape index (κ1) is 11.1. The van der Waals surface area contributed by atoms with E-state index < -0.39 is 0 Å². The van der Waals surface area contributed by atoms with Crippen LogP contribution < -0.4 is 0 Å². The summed E-state index contributed by atoms with van der Waals surface area (Å²) in [6.45, 7) is 0.907. The van der Waals surface area contributed by atoms with E-state index in [-0.39, 0.29) is 10.8 Å². The lowest BCUT2D eigenvalue weighted by Crippen LogP contribution is -2.36. The quantitative estimate of drug-likeness (QED) is 0.758. The fourth-order valence-corrected chi connectivity index (χ4v) is 2.85. The second-order valence-corrected chi connectivity index (χ2v) is 5.29. The molecule has 0 fully saturated rings. The topological polar surface area (TPSA) is 8.17 Å². The van der Waals surface area contributed by atoms with Crippen LogP contribution in [-0.4, -0.2) is 29.6 Å². The van der Waals surface area contributed by atoms with Gasteiger partial charge in [0.15, 0.2) is 5.82 Å². The molecule has 0 radical (unpaired) electrons. The van der Waals surface area contributed by atoms with Crippen molar-refractivity contribution < 1.29 is 4.39 Å². The highest BCUT2D eigenvalue weighted by Gasteiger charge is 2.24. The minimum Gasteiger partial charge on any atom is -0.346 e. The summed E-state index contributed by atoms with van der Waals surface area (Å²) in [4.78, 5) is 2.20. The molecular weight excluding hydrogens is 239 g/mol. The van der Waals surface area contributed by atoms with Crippen LogP contribution in [0.3, 0.4) is 0 Å². The summed E-state index contributed by atoms with van der Waals surface area (Å²) in [5, 5.41) is 0.870. The Hall–Kier alpha value is -1.06. The first-order valence-corrected chi connectivity index (χ1v) is 6.08. The molecule has 1 unspecified atom stereocenters. The molecule has 1 aromatic carbocycles. The normalized spacial score (nSPS) is 19.2. The van der Waals surface area contributed by atoms with Crippen LogP contribution in [0.1, 0.15) is 5.56 Å². The van der Waals surface area contributed by atoms with Crippen LogP contribution >= 0.6 is 11.6 Å². The van der Waals surface area contributed by atoms with Gasteiger partial charge < -0.3 is 9.47 Å². The molecule has 1 aromatic heterocycles. The summed E-state index contributed by atoms with van der Waals surface area (Å²) in [6.07, 6.45) is 2.87. The average Bonchev–Trinajstić information content (AvgIpc) is 2.70. The van der Waals surface area contributed by atoms with Crippen molar-refractivity contribution in [2.24, 2.45) is 0 Å². The Morgan fingerprint density at radius 3 is 2.94 bits per heavy atom. The first-order valence-electron chi connectivity index (χ1n) is 5.70. The lowest BCUT2D eigenvalue weighted by Gasteiger charge is -2.30. The number of halogens is 2. The molecule has 0 N–H and O–H groups in total. The largest absolute Gasteiger partial charge is 0.346 e. The van der Waals surface area contributed by atoms with E-state index in [0.29, 0.717) is 11.4 Å². The van der Waals surface area contributed by atoms with Gasteiger partial charge in [0.2, 0.25) is 0 Å². The molecule has 2 nitrogen and oxygen atoms in total. The van der Waals surface area contributed by atoms with Crippen molar-refractivity contribution in [2.45, 2.75) is 19.0 Å². The molecule has 2 heterocycles. The number of hydrogen-bond donors (Lipinski definition) is 0. The van der Waals surface area contributed by atoms with Gasteiger partial charge in [0.1, 0.15) is 0 Å². The average molecular weight is 253 g/mol. The molecule has 0 aliphatic carbocycles. The maximum Gasteiger partial charge on any atom is 0.151 e. The lowest BCUT2D eigenvalue weighted by atomic mass is 9.99. The van der Waals surface area contributed by atoms with Crippen molar-refractivity contribution in [1.82, 2.24) is 9.47 Å². The van der Waals surface area contributed by atoms with Crippen molar-refractivity contribution in [3.63, 3.8) is 0 Å².